The van der Waals surface area contributed by atoms with Crippen molar-refractivity contribution in [2.75, 3.05) is 26.9 Å². The molecule has 0 radical (unpaired) electrons. The predicted octanol–water partition coefficient (Wildman–Crippen LogP) is 1.68. The van der Waals surface area contributed by atoms with Crippen LogP contribution in [0.25, 0.3) is 0 Å². The zero-order valence-electron chi connectivity index (χ0n) is 11.9. The largest absolute Gasteiger partial charge is 0.469 e. The van der Waals surface area contributed by atoms with Gasteiger partial charge in [-0.2, -0.15) is 0 Å². The third kappa shape index (κ3) is 4.01. The highest BCUT2D eigenvalue weighted by Crippen LogP contribution is 2.25. The molecule has 2 rings (SSSR count). The molecule has 1 aromatic rings. The quantitative estimate of drug-likeness (QED) is 0.793. The van der Waals surface area contributed by atoms with Gasteiger partial charge in [0.25, 0.3) is 0 Å². The second kappa shape index (κ2) is 7.17. The van der Waals surface area contributed by atoms with E-state index in [4.69, 9.17) is 4.74 Å². The highest BCUT2D eigenvalue weighted by molar-refractivity contribution is 5.81. The van der Waals surface area contributed by atoms with E-state index in [2.05, 4.69) is 4.74 Å². The first-order valence-electron chi connectivity index (χ1n) is 6.81. The molecule has 6 heteroatoms. The summed E-state index contributed by atoms with van der Waals surface area (Å²) >= 11 is 0. The molecule has 0 spiro atoms. The molecule has 0 saturated carbocycles. The van der Waals surface area contributed by atoms with Crippen molar-refractivity contribution in [1.29, 1.82) is 0 Å². The van der Waals surface area contributed by atoms with Gasteiger partial charge in [0.2, 0.25) is 5.91 Å². The zero-order chi connectivity index (χ0) is 15.2. The Balaban J connectivity index is 2.06. The first-order chi connectivity index (χ1) is 10.1. The average Bonchev–Trinajstić information content (AvgIpc) is 2.53. The minimum Gasteiger partial charge on any atom is -0.469 e. The van der Waals surface area contributed by atoms with Crippen LogP contribution in [0.5, 0.6) is 0 Å². The molecule has 21 heavy (non-hydrogen) atoms. The minimum atomic E-state index is -0.407. The van der Waals surface area contributed by atoms with Gasteiger partial charge in [-0.05, 0) is 17.7 Å². The number of hydrogen-bond donors (Lipinski definition) is 0. The Kier molecular flexibility index (Phi) is 5.27. The maximum absolute atomic E-state index is 13.0. The van der Waals surface area contributed by atoms with E-state index in [1.807, 2.05) is 0 Å². The highest BCUT2D eigenvalue weighted by Gasteiger charge is 2.28. The van der Waals surface area contributed by atoms with Crippen molar-refractivity contribution < 1.29 is 23.5 Å². The van der Waals surface area contributed by atoms with Crippen LogP contribution in [-0.4, -0.2) is 43.6 Å². The number of esters is 1. The van der Waals surface area contributed by atoms with Crippen molar-refractivity contribution in [1.82, 2.24) is 4.90 Å². The molecule has 0 N–H and O–H groups in total. The van der Waals surface area contributed by atoms with E-state index in [9.17, 15) is 14.0 Å². The Morgan fingerprint density at radius 3 is 2.71 bits per heavy atom. The molecule has 0 aliphatic carbocycles. The van der Waals surface area contributed by atoms with E-state index in [1.54, 1.807) is 17.0 Å². The summed E-state index contributed by atoms with van der Waals surface area (Å²) in [5.41, 5.74) is 0.822. The monoisotopic (exact) mass is 295 g/mol. The van der Waals surface area contributed by atoms with Crippen molar-refractivity contribution in [3.05, 3.63) is 35.6 Å². The van der Waals surface area contributed by atoms with E-state index in [0.29, 0.717) is 19.8 Å². The third-order valence-electron chi connectivity index (χ3n) is 3.47. The van der Waals surface area contributed by atoms with E-state index in [-0.39, 0.29) is 30.6 Å². The lowest BCUT2D eigenvalue weighted by atomic mass is 10.0. The molecule has 1 aliphatic rings. The molecule has 1 aromatic carbocycles. The topological polar surface area (TPSA) is 55.8 Å². The van der Waals surface area contributed by atoms with Crippen molar-refractivity contribution >= 4 is 11.9 Å². The van der Waals surface area contributed by atoms with Crippen molar-refractivity contribution in [2.24, 2.45) is 0 Å². The van der Waals surface area contributed by atoms with Gasteiger partial charge in [0, 0.05) is 13.0 Å². The molecule has 5 nitrogen and oxygen atoms in total. The molecule has 0 bridgehead atoms. The summed E-state index contributed by atoms with van der Waals surface area (Å²) in [7, 11) is 1.29. The van der Waals surface area contributed by atoms with Gasteiger partial charge < -0.3 is 14.4 Å². The van der Waals surface area contributed by atoms with Crippen LogP contribution in [-0.2, 0) is 19.1 Å². The molecule has 1 atom stereocenters. The molecule has 1 amide bonds. The number of carbonyl (C=O) groups excluding carboxylic acids is 2. The molecule has 114 valence electrons. The van der Waals surface area contributed by atoms with Gasteiger partial charge in [0.15, 0.2) is 0 Å². The van der Waals surface area contributed by atoms with E-state index >= 15 is 0 Å². The highest BCUT2D eigenvalue weighted by atomic mass is 19.1. The van der Waals surface area contributed by atoms with E-state index in [1.165, 1.54) is 19.2 Å². The number of hydrogen-bond acceptors (Lipinski definition) is 4. The second-order valence-electron chi connectivity index (χ2n) is 4.81. The lowest BCUT2D eigenvalue weighted by Crippen LogP contribution is -2.43. The van der Waals surface area contributed by atoms with Crippen molar-refractivity contribution in [3.8, 4) is 0 Å². The van der Waals surface area contributed by atoms with Crippen LogP contribution in [0.2, 0.25) is 0 Å². The number of carbonyl (C=O) groups is 2. The number of methoxy groups -OCH3 is 1. The second-order valence-corrected chi connectivity index (χ2v) is 4.81. The first-order valence-corrected chi connectivity index (χ1v) is 6.81. The van der Waals surface area contributed by atoms with E-state index in [0.717, 1.165) is 5.56 Å². The summed E-state index contributed by atoms with van der Waals surface area (Å²) in [4.78, 5) is 25.1. The maximum Gasteiger partial charge on any atom is 0.306 e. The Labute approximate surface area is 122 Å². The van der Waals surface area contributed by atoms with Crippen molar-refractivity contribution in [3.63, 3.8) is 0 Å². The lowest BCUT2D eigenvalue weighted by molar-refractivity contribution is -0.146. The van der Waals surface area contributed by atoms with Crippen molar-refractivity contribution in [2.45, 2.75) is 18.9 Å². The van der Waals surface area contributed by atoms with Crippen LogP contribution in [0.4, 0.5) is 4.39 Å². The van der Waals surface area contributed by atoms with Gasteiger partial charge in [-0.1, -0.05) is 12.1 Å². The first kappa shape index (κ1) is 15.4. The van der Waals surface area contributed by atoms with Crippen LogP contribution >= 0.6 is 0 Å². The van der Waals surface area contributed by atoms with Crippen LogP contribution in [0.15, 0.2) is 24.3 Å². The maximum atomic E-state index is 13.0. The average molecular weight is 295 g/mol. The van der Waals surface area contributed by atoms with Gasteiger partial charge in [0.05, 0.1) is 32.8 Å². The number of ether oxygens (including phenoxy) is 2. The molecule has 1 heterocycles. The summed E-state index contributed by atoms with van der Waals surface area (Å²) in [6.07, 6.45) is 0.160. The van der Waals surface area contributed by atoms with Crippen LogP contribution in [0.1, 0.15) is 24.4 Å². The fourth-order valence-corrected chi connectivity index (χ4v) is 2.32. The molecule has 1 aliphatic heterocycles. The van der Waals surface area contributed by atoms with Gasteiger partial charge in [-0.25, -0.2) is 4.39 Å². The zero-order valence-corrected chi connectivity index (χ0v) is 11.9. The van der Waals surface area contributed by atoms with Crippen LogP contribution in [0.3, 0.4) is 0 Å². The Morgan fingerprint density at radius 2 is 2.05 bits per heavy atom. The molecule has 1 fully saturated rings. The predicted molar refractivity (Wildman–Crippen MR) is 72.9 cm³/mol. The smallest absolute Gasteiger partial charge is 0.306 e. The minimum absolute atomic E-state index is 0.0584. The summed E-state index contributed by atoms with van der Waals surface area (Å²) in [5, 5.41) is 0. The Morgan fingerprint density at radius 1 is 1.33 bits per heavy atom. The lowest BCUT2D eigenvalue weighted by Gasteiger charge is -2.36. The Hall–Kier alpha value is -1.95. The molecule has 1 saturated heterocycles. The third-order valence-corrected chi connectivity index (χ3v) is 3.47. The van der Waals surface area contributed by atoms with Gasteiger partial charge in [-0.3, -0.25) is 9.59 Å². The number of morpholine rings is 1. The summed E-state index contributed by atoms with van der Waals surface area (Å²) in [5.74, 6) is -0.855. The normalized spacial score (nSPS) is 18.4. The van der Waals surface area contributed by atoms with Gasteiger partial charge in [-0.15, -0.1) is 0 Å². The standard InChI is InChI=1S/C15H18FNO4/c1-20-15(19)7-6-14(18)17-8-9-21-10-13(17)11-2-4-12(16)5-3-11/h2-5,13H,6-10H2,1H3. The fourth-order valence-electron chi connectivity index (χ4n) is 2.32. The van der Waals surface area contributed by atoms with Crippen LogP contribution in [0, 0.1) is 5.82 Å². The van der Waals surface area contributed by atoms with Gasteiger partial charge in [0.1, 0.15) is 5.82 Å². The summed E-state index contributed by atoms with van der Waals surface area (Å²) in [6.45, 7) is 1.29. The van der Waals surface area contributed by atoms with Crippen LogP contribution < -0.4 is 0 Å². The molecular formula is C15H18FNO4. The Bertz CT molecular complexity index is 503. The number of halogens is 1. The number of benzene rings is 1. The summed E-state index contributed by atoms with van der Waals surface area (Å²) in [6, 6.07) is 5.77. The van der Waals surface area contributed by atoms with Gasteiger partial charge >= 0.3 is 5.97 Å². The molecule has 0 aromatic heterocycles. The SMILES string of the molecule is COC(=O)CCC(=O)N1CCOCC1c1ccc(F)cc1. The fraction of sp³-hybridized carbons (Fsp3) is 0.467. The number of nitrogens with zero attached hydrogens (tertiary/aromatic N) is 1. The molecular weight excluding hydrogens is 277 g/mol. The molecule has 1 unspecified atom stereocenters. The number of rotatable bonds is 4. The van der Waals surface area contributed by atoms with E-state index < -0.39 is 5.97 Å². The number of amides is 1. The summed E-state index contributed by atoms with van der Waals surface area (Å²) < 4.78 is 22.9.